The van der Waals surface area contributed by atoms with Gasteiger partial charge in [-0.15, -0.1) is 0 Å². The smallest absolute Gasteiger partial charge is 0.0991 e. The molecule has 0 unspecified atom stereocenters. The lowest BCUT2D eigenvalue weighted by atomic mass is 9.77. The van der Waals surface area contributed by atoms with Crippen molar-refractivity contribution in [2.24, 2.45) is 11.8 Å². The number of hydrogen-bond donors (Lipinski definition) is 0. The molecule has 1 nitrogen and oxygen atoms in total. The van der Waals surface area contributed by atoms with E-state index < -0.39 is 0 Å². The van der Waals surface area contributed by atoms with Crippen LogP contribution >= 0.6 is 0 Å². The Labute approximate surface area is 162 Å². The van der Waals surface area contributed by atoms with Crippen LogP contribution in [0.15, 0.2) is 24.3 Å². The fourth-order valence-electron chi connectivity index (χ4n) is 4.49. The summed E-state index contributed by atoms with van der Waals surface area (Å²) < 4.78 is 0. The highest BCUT2D eigenvalue weighted by atomic mass is 14.3. The molecule has 0 amide bonds. The van der Waals surface area contributed by atoms with Gasteiger partial charge in [0.2, 0.25) is 0 Å². The van der Waals surface area contributed by atoms with Gasteiger partial charge in [-0.05, 0) is 42.4 Å². The first-order valence-corrected chi connectivity index (χ1v) is 11.3. The molecule has 1 aliphatic carbocycles. The molecule has 1 aromatic carbocycles. The number of benzene rings is 1. The Morgan fingerprint density at radius 3 is 1.88 bits per heavy atom. The number of rotatable bonds is 12. The standard InChI is InChI=1S/C25H39N/c1-2-3-4-5-6-7-8-9-10-22-11-13-23(14-12-22)15-16-24-17-19-25(21-26)20-18-24/h17-20,22-23H,2-16H2,1H3/t22-,23-. The summed E-state index contributed by atoms with van der Waals surface area (Å²) in [5, 5.41) is 8.87. The van der Waals surface area contributed by atoms with Gasteiger partial charge in [0, 0.05) is 0 Å². The molecule has 0 radical (unpaired) electrons. The zero-order chi connectivity index (χ0) is 18.5. The Bertz CT molecular complexity index is 502. The first kappa shape index (κ1) is 21.0. The van der Waals surface area contributed by atoms with Crippen molar-refractivity contribution in [1.82, 2.24) is 0 Å². The van der Waals surface area contributed by atoms with Crippen LogP contribution in [0.3, 0.4) is 0 Å². The van der Waals surface area contributed by atoms with Crippen LogP contribution in [-0.4, -0.2) is 0 Å². The first-order valence-electron chi connectivity index (χ1n) is 11.3. The van der Waals surface area contributed by atoms with E-state index in [0.29, 0.717) is 0 Å². The van der Waals surface area contributed by atoms with Gasteiger partial charge in [-0.3, -0.25) is 0 Å². The summed E-state index contributed by atoms with van der Waals surface area (Å²) in [5.74, 6) is 1.95. The van der Waals surface area contributed by atoms with Crippen molar-refractivity contribution in [3.8, 4) is 6.07 Å². The molecule has 2 rings (SSSR count). The Morgan fingerprint density at radius 1 is 0.769 bits per heavy atom. The minimum Gasteiger partial charge on any atom is -0.192 e. The van der Waals surface area contributed by atoms with Crippen molar-refractivity contribution in [2.75, 3.05) is 0 Å². The van der Waals surface area contributed by atoms with Crippen molar-refractivity contribution in [1.29, 1.82) is 5.26 Å². The molecular formula is C25H39N. The largest absolute Gasteiger partial charge is 0.192 e. The Balaban J connectivity index is 1.49. The van der Waals surface area contributed by atoms with Crippen LogP contribution in [0.2, 0.25) is 0 Å². The predicted octanol–water partition coefficient (Wildman–Crippen LogP) is 7.83. The summed E-state index contributed by atoms with van der Waals surface area (Å²) in [4.78, 5) is 0. The number of aryl methyl sites for hydroxylation is 1. The lowest BCUT2D eigenvalue weighted by Crippen LogP contribution is -2.15. The van der Waals surface area contributed by atoms with Gasteiger partial charge < -0.3 is 0 Å². The summed E-state index contributed by atoms with van der Waals surface area (Å²) in [7, 11) is 0. The van der Waals surface area contributed by atoms with Crippen molar-refractivity contribution < 1.29 is 0 Å². The molecule has 0 bridgehead atoms. The number of hydrogen-bond acceptors (Lipinski definition) is 1. The van der Waals surface area contributed by atoms with Crippen LogP contribution < -0.4 is 0 Å². The minimum atomic E-state index is 0.773. The first-order chi connectivity index (χ1) is 12.8. The monoisotopic (exact) mass is 353 g/mol. The molecule has 0 saturated heterocycles. The average molecular weight is 354 g/mol. The summed E-state index contributed by atoms with van der Waals surface area (Å²) >= 11 is 0. The van der Waals surface area contributed by atoms with E-state index in [9.17, 15) is 0 Å². The van der Waals surface area contributed by atoms with Crippen molar-refractivity contribution in [2.45, 2.75) is 103 Å². The van der Waals surface area contributed by atoms with E-state index in [1.54, 1.807) is 0 Å². The van der Waals surface area contributed by atoms with E-state index in [-0.39, 0.29) is 0 Å². The van der Waals surface area contributed by atoms with E-state index in [4.69, 9.17) is 5.26 Å². The number of nitrogens with zero attached hydrogens (tertiary/aromatic N) is 1. The molecule has 1 heteroatoms. The van der Waals surface area contributed by atoms with Crippen molar-refractivity contribution in [3.05, 3.63) is 35.4 Å². The molecule has 1 fully saturated rings. The molecule has 1 aromatic rings. The molecule has 0 N–H and O–H groups in total. The zero-order valence-electron chi connectivity index (χ0n) is 17.0. The second kappa shape index (κ2) is 13.0. The molecule has 144 valence electrons. The van der Waals surface area contributed by atoms with Gasteiger partial charge in [-0.1, -0.05) is 103 Å². The molecule has 0 atom stereocenters. The fraction of sp³-hybridized carbons (Fsp3) is 0.720. The van der Waals surface area contributed by atoms with Gasteiger partial charge >= 0.3 is 0 Å². The summed E-state index contributed by atoms with van der Waals surface area (Å²) in [6, 6.07) is 10.4. The van der Waals surface area contributed by atoms with Crippen LogP contribution in [0.25, 0.3) is 0 Å². The van der Waals surface area contributed by atoms with E-state index in [1.165, 1.54) is 102 Å². The summed E-state index contributed by atoms with van der Waals surface area (Å²) in [6.45, 7) is 2.29. The third-order valence-electron chi connectivity index (χ3n) is 6.36. The minimum absolute atomic E-state index is 0.773. The molecule has 0 heterocycles. The third kappa shape index (κ3) is 8.39. The SMILES string of the molecule is CCCCCCCCCC[C@H]1CC[C@H](CCc2ccc(C#N)cc2)CC1. The summed E-state index contributed by atoms with van der Waals surface area (Å²) in [5.41, 5.74) is 2.17. The van der Waals surface area contributed by atoms with Gasteiger partial charge in [0.1, 0.15) is 0 Å². The molecule has 26 heavy (non-hydrogen) atoms. The van der Waals surface area contributed by atoms with Gasteiger partial charge in [0.25, 0.3) is 0 Å². The van der Waals surface area contributed by atoms with Crippen molar-refractivity contribution >= 4 is 0 Å². The topological polar surface area (TPSA) is 23.8 Å². The van der Waals surface area contributed by atoms with Crippen LogP contribution in [0.5, 0.6) is 0 Å². The maximum atomic E-state index is 8.87. The quantitative estimate of drug-likeness (QED) is 0.351. The van der Waals surface area contributed by atoms with Crippen LogP contribution in [0.4, 0.5) is 0 Å². The molecule has 1 saturated carbocycles. The molecule has 0 aromatic heterocycles. The molecule has 0 aliphatic heterocycles. The molecule has 0 spiro atoms. The Hall–Kier alpha value is -1.29. The zero-order valence-corrected chi connectivity index (χ0v) is 17.0. The summed E-state index contributed by atoms with van der Waals surface area (Å²) in [6.07, 6.45) is 21.3. The van der Waals surface area contributed by atoms with Crippen molar-refractivity contribution in [3.63, 3.8) is 0 Å². The van der Waals surface area contributed by atoms with E-state index >= 15 is 0 Å². The fourth-order valence-corrected chi connectivity index (χ4v) is 4.49. The lowest BCUT2D eigenvalue weighted by molar-refractivity contribution is 0.248. The number of unbranched alkanes of at least 4 members (excludes halogenated alkanes) is 7. The lowest BCUT2D eigenvalue weighted by Gasteiger charge is -2.28. The van der Waals surface area contributed by atoms with Gasteiger partial charge in [-0.25, -0.2) is 0 Å². The second-order valence-corrected chi connectivity index (χ2v) is 8.50. The second-order valence-electron chi connectivity index (χ2n) is 8.50. The van der Waals surface area contributed by atoms with E-state index in [2.05, 4.69) is 25.1 Å². The number of nitriles is 1. The highest BCUT2D eigenvalue weighted by molar-refractivity contribution is 5.31. The Kier molecular flexibility index (Phi) is 10.5. The van der Waals surface area contributed by atoms with Crippen LogP contribution in [0, 0.1) is 23.2 Å². The average Bonchev–Trinajstić information content (AvgIpc) is 2.69. The maximum absolute atomic E-state index is 8.87. The highest BCUT2D eigenvalue weighted by Crippen LogP contribution is 2.34. The van der Waals surface area contributed by atoms with Crippen LogP contribution in [-0.2, 0) is 6.42 Å². The maximum Gasteiger partial charge on any atom is 0.0991 e. The van der Waals surface area contributed by atoms with E-state index in [1.807, 2.05) is 12.1 Å². The van der Waals surface area contributed by atoms with Gasteiger partial charge in [0.05, 0.1) is 11.6 Å². The predicted molar refractivity (Wildman–Crippen MR) is 112 cm³/mol. The van der Waals surface area contributed by atoms with Crippen LogP contribution in [0.1, 0.15) is 108 Å². The Morgan fingerprint density at radius 2 is 1.31 bits per heavy atom. The third-order valence-corrected chi connectivity index (χ3v) is 6.36. The van der Waals surface area contributed by atoms with Gasteiger partial charge in [-0.2, -0.15) is 5.26 Å². The highest BCUT2D eigenvalue weighted by Gasteiger charge is 2.20. The normalized spacial score (nSPS) is 20.0. The van der Waals surface area contributed by atoms with Gasteiger partial charge in [0.15, 0.2) is 0 Å². The molecule has 1 aliphatic rings. The van der Waals surface area contributed by atoms with E-state index in [0.717, 1.165) is 17.4 Å². The molecular weight excluding hydrogens is 314 g/mol.